The normalized spacial score (nSPS) is 10.4. The van der Waals surface area contributed by atoms with Crippen LogP contribution >= 0.6 is 11.6 Å². The van der Waals surface area contributed by atoms with Crippen LogP contribution in [0.2, 0.25) is 5.02 Å². The number of hydrogen-bond acceptors (Lipinski definition) is 3. The Morgan fingerprint density at radius 3 is 3.00 bits per heavy atom. The monoisotopic (exact) mass is 306 g/mol. The van der Waals surface area contributed by atoms with E-state index >= 15 is 0 Å². The number of nitrogens with zero attached hydrogens (tertiary/aromatic N) is 1. The molecule has 3 N–H and O–H groups in total. The highest BCUT2D eigenvalue weighted by Gasteiger charge is 2.11. The van der Waals surface area contributed by atoms with E-state index in [1.165, 1.54) is 0 Å². The maximum atomic E-state index is 12.2. The molecule has 0 radical (unpaired) electrons. The quantitative estimate of drug-likeness (QED) is 0.689. The molecule has 0 spiro atoms. The maximum Gasteiger partial charge on any atom is 0.253 e. The first-order chi connectivity index (χ1) is 10.2. The van der Waals surface area contributed by atoms with E-state index in [0.29, 0.717) is 17.1 Å². The van der Waals surface area contributed by atoms with Gasteiger partial charge in [-0.2, -0.15) is 0 Å². The van der Waals surface area contributed by atoms with Crippen LogP contribution in [0.1, 0.15) is 29.5 Å². The minimum absolute atomic E-state index is 0.118. The van der Waals surface area contributed by atoms with Gasteiger partial charge in [0.25, 0.3) is 5.91 Å². The number of aryl methyl sites for hydroxylation is 1. The molecule has 0 saturated heterocycles. The summed E-state index contributed by atoms with van der Waals surface area (Å²) in [7, 11) is 0. The van der Waals surface area contributed by atoms with Crippen molar-refractivity contribution in [3.63, 3.8) is 0 Å². The molecule has 1 aromatic heterocycles. The number of carbonyl (C=O) groups excluding carboxylic acids is 1. The summed E-state index contributed by atoms with van der Waals surface area (Å²) in [6.07, 6.45) is 5.16. The van der Waals surface area contributed by atoms with Crippen LogP contribution in [0.15, 0.2) is 30.6 Å². The Labute approximate surface area is 129 Å². The zero-order valence-electron chi connectivity index (χ0n) is 11.9. The van der Waals surface area contributed by atoms with Crippen molar-refractivity contribution in [3.8, 4) is 0 Å². The summed E-state index contributed by atoms with van der Waals surface area (Å²) in [6.45, 7) is 3.33. The lowest BCUT2D eigenvalue weighted by atomic mass is 10.1. The summed E-state index contributed by atoms with van der Waals surface area (Å²) in [5, 5.41) is 6.62. The molecule has 5 nitrogen and oxygen atoms in total. The largest absolute Gasteiger partial charge is 0.385 e. The highest BCUT2D eigenvalue weighted by Crippen LogP contribution is 2.20. The molecule has 0 atom stereocenters. The number of amides is 1. The Balaban J connectivity index is 1.88. The van der Waals surface area contributed by atoms with E-state index in [2.05, 4.69) is 20.6 Å². The predicted molar refractivity (Wildman–Crippen MR) is 84.9 cm³/mol. The number of aromatic nitrogens is 2. The summed E-state index contributed by atoms with van der Waals surface area (Å²) >= 11 is 5.97. The Morgan fingerprint density at radius 2 is 2.29 bits per heavy atom. The highest BCUT2D eigenvalue weighted by atomic mass is 35.5. The van der Waals surface area contributed by atoms with Crippen molar-refractivity contribution in [3.05, 3.63) is 47.0 Å². The smallest absolute Gasteiger partial charge is 0.253 e. The van der Waals surface area contributed by atoms with Gasteiger partial charge in [0, 0.05) is 42.6 Å². The van der Waals surface area contributed by atoms with Gasteiger partial charge in [-0.05, 0) is 31.5 Å². The molecule has 2 aromatic rings. The van der Waals surface area contributed by atoms with Crippen molar-refractivity contribution in [1.82, 2.24) is 15.3 Å². The average molecular weight is 307 g/mol. The Kier molecular flexibility index (Phi) is 5.63. The van der Waals surface area contributed by atoms with Crippen LogP contribution < -0.4 is 10.6 Å². The molecule has 2 rings (SSSR count). The second-order valence-corrected chi connectivity index (χ2v) is 5.05. The molecule has 1 amide bonds. The number of anilines is 1. The molecule has 0 saturated carbocycles. The van der Waals surface area contributed by atoms with Gasteiger partial charge in [0.05, 0.1) is 5.56 Å². The van der Waals surface area contributed by atoms with Gasteiger partial charge in [0.1, 0.15) is 5.82 Å². The number of hydrogen-bond donors (Lipinski definition) is 3. The summed E-state index contributed by atoms with van der Waals surface area (Å²) < 4.78 is 0. The van der Waals surface area contributed by atoms with Gasteiger partial charge in [-0.3, -0.25) is 4.79 Å². The molecule has 112 valence electrons. The number of nitrogens with one attached hydrogen (secondary N) is 3. The lowest BCUT2D eigenvalue weighted by molar-refractivity contribution is 0.0954. The minimum atomic E-state index is -0.118. The molecule has 0 bridgehead atoms. The van der Waals surface area contributed by atoms with Crippen molar-refractivity contribution in [2.75, 3.05) is 18.4 Å². The molecule has 0 aliphatic rings. The third kappa shape index (κ3) is 4.49. The molecule has 0 aliphatic carbocycles. The van der Waals surface area contributed by atoms with E-state index in [4.69, 9.17) is 11.6 Å². The van der Waals surface area contributed by atoms with E-state index in [1.54, 1.807) is 24.5 Å². The number of rotatable bonds is 7. The fourth-order valence-electron chi connectivity index (χ4n) is 2.04. The third-order valence-corrected chi connectivity index (χ3v) is 3.26. The number of carbonyl (C=O) groups is 1. The summed E-state index contributed by atoms with van der Waals surface area (Å²) in [5.41, 5.74) is 1.37. The first-order valence-corrected chi connectivity index (χ1v) is 7.38. The summed E-state index contributed by atoms with van der Waals surface area (Å²) in [5.74, 6) is 0.813. The first-order valence-electron chi connectivity index (χ1n) is 7.00. The maximum absolute atomic E-state index is 12.2. The Bertz CT molecular complexity index is 583. The number of aromatic amines is 1. The SMILES string of the molecule is CCNc1ccc(Cl)cc1C(=O)NCCCc1ncc[nH]1. The van der Waals surface area contributed by atoms with Gasteiger partial charge in [-0.1, -0.05) is 11.6 Å². The standard InChI is InChI=1S/C15H19ClN4O/c1-2-17-13-6-5-11(16)10-12(13)15(21)20-7-3-4-14-18-8-9-19-14/h5-6,8-10,17H,2-4,7H2,1H3,(H,18,19)(H,20,21). The predicted octanol–water partition coefficient (Wildman–Crippen LogP) is 2.86. The lowest BCUT2D eigenvalue weighted by Gasteiger charge is -2.11. The topological polar surface area (TPSA) is 69.8 Å². The van der Waals surface area contributed by atoms with Crippen molar-refractivity contribution in [2.24, 2.45) is 0 Å². The molecular formula is C15H19ClN4O. The average Bonchev–Trinajstić information content (AvgIpc) is 2.99. The second-order valence-electron chi connectivity index (χ2n) is 4.62. The number of imidazole rings is 1. The molecule has 1 aromatic carbocycles. The Hall–Kier alpha value is -2.01. The van der Waals surface area contributed by atoms with E-state index in [9.17, 15) is 4.79 Å². The molecule has 21 heavy (non-hydrogen) atoms. The van der Waals surface area contributed by atoms with Gasteiger partial charge < -0.3 is 15.6 Å². The van der Waals surface area contributed by atoms with Crippen molar-refractivity contribution >= 4 is 23.2 Å². The van der Waals surface area contributed by atoms with Crippen molar-refractivity contribution in [2.45, 2.75) is 19.8 Å². The first kappa shape index (κ1) is 15.4. The van der Waals surface area contributed by atoms with E-state index in [1.807, 2.05) is 13.0 Å². The van der Waals surface area contributed by atoms with Gasteiger partial charge in [-0.25, -0.2) is 4.98 Å². The van der Waals surface area contributed by atoms with Crippen LogP contribution in [0.3, 0.4) is 0 Å². The van der Waals surface area contributed by atoms with E-state index in [-0.39, 0.29) is 5.91 Å². The van der Waals surface area contributed by atoms with E-state index in [0.717, 1.165) is 30.9 Å². The molecule has 0 unspecified atom stereocenters. The summed E-state index contributed by atoms with van der Waals surface area (Å²) in [4.78, 5) is 19.4. The third-order valence-electron chi connectivity index (χ3n) is 3.02. The fourth-order valence-corrected chi connectivity index (χ4v) is 2.21. The number of halogens is 1. The van der Waals surface area contributed by atoms with Crippen LogP contribution in [-0.2, 0) is 6.42 Å². The van der Waals surface area contributed by atoms with Gasteiger partial charge in [-0.15, -0.1) is 0 Å². The zero-order chi connectivity index (χ0) is 15.1. The van der Waals surface area contributed by atoms with Crippen LogP contribution in [0, 0.1) is 0 Å². The summed E-state index contributed by atoms with van der Waals surface area (Å²) in [6, 6.07) is 5.28. The van der Waals surface area contributed by atoms with Crippen LogP contribution in [0.4, 0.5) is 5.69 Å². The van der Waals surface area contributed by atoms with Crippen LogP contribution in [0.25, 0.3) is 0 Å². The van der Waals surface area contributed by atoms with Crippen molar-refractivity contribution in [1.29, 1.82) is 0 Å². The fraction of sp³-hybridized carbons (Fsp3) is 0.333. The van der Waals surface area contributed by atoms with Crippen LogP contribution in [-0.4, -0.2) is 29.0 Å². The molecular weight excluding hydrogens is 288 g/mol. The minimum Gasteiger partial charge on any atom is -0.385 e. The zero-order valence-corrected chi connectivity index (χ0v) is 12.7. The molecule has 0 aliphatic heterocycles. The number of benzene rings is 1. The van der Waals surface area contributed by atoms with Crippen molar-refractivity contribution < 1.29 is 4.79 Å². The van der Waals surface area contributed by atoms with Gasteiger partial charge in [0.2, 0.25) is 0 Å². The molecule has 0 fully saturated rings. The number of H-pyrrole nitrogens is 1. The Morgan fingerprint density at radius 1 is 1.43 bits per heavy atom. The molecule has 6 heteroatoms. The lowest BCUT2D eigenvalue weighted by Crippen LogP contribution is -2.25. The van der Waals surface area contributed by atoms with E-state index < -0.39 is 0 Å². The van der Waals surface area contributed by atoms with Crippen LogP contribution in [0.5, 0.6) is 0 Å². The second kappa shape index (κ2) is 7.69. The highest BCUT2D eigenvalue weighted by molar-refractivity contribution is 6.31. The van der Waals surface area contributed by atoms with Gasteiger partial charge >= 0.3 is 0 Å². The van der Waals surface area contributed by atoms with Gasteiger partial charge in [0.15, 0.2) is 0 Å². The molecule has 1 heterocycles.